The van der Waals surface area contributed by atoms with E-state index >= 15 is 0 Å². The Morgan fingerprint density at radius 1 is 1.10 bits per heavy atom. The molecule has 1 N–H and O–H groups in total. The molecule has 5 nitrogen and oxygen atoms in total. The van der Waals surface area contributed by atoms with Gasteiger partial charge in [-0.05, 0) is 54.4 Å². The number of nitrogens with zero attached hydrogens (tertiary/aromatic N) is 1. The predicted molar refractivity (Wildman–Crippen MR) is 122 cm³/mol. The molecule has 3 aromatic carbocycles. The highest BCUT2D eigenvalue weighted by Gasteiger charge is 2.47. The quantitative estimate of drug-likeness (QED) is 0.637. The largest absolute Gasteiger partial charge is 0.497 e. The highest BCUT2D eigenvalue weighted by Crippen LogP contribution is 2.36. The average Bonchev–Trinajstić information content (AvgIpc) is 2.78. The van der Waals surface area contributed by atoms with Gasteiger partial charge in [0.05, 0.1) is 7.11 Å². The Morgan fingerprint density at radius 2 is 1.84 bits per heavy atom. The molecule has 4 rings (SSSR count). The van der Waals surface area contributed by atoms with E-state index in [1.54, 1.807) is 49.3 Å². The Kier molecular flexibility index (Phi) is 5.70. The number of fused-ring (bicyclic) bond motifs is 1. The summed E-state index contributed by atoms with van der Waals surface area (Å²) in [6, 6.07) is 21.9. The van der Waals surface area contributed by atoms with Crippen molar-refractivity contribution in [3.05, 3.63) is 94.5 Å². The number of carbonyl (C=O) groups excluding carboxylic acids is 2. The first kappa shape index (κ1) is 20.9. The Balaban J connectivity index is 1.67. The van der Waals surface area contributed by atoms with Gasteiger partial charge in [0, 0.05) is 29.2 Å². The lowest BCUT2D eigenvalue weighted by Crippen LogP contribution is -2.63. The molecule has 0 aromatic heterocycles. The van der Waals surface area contributed by atoms with Crippen molar-refractivity contribution in [2.75, 3.05) is 12.0 Å². The number of nitrogens with one attached hydrogen (secondary N) is 1. The number of ether oxygens (including phenoxy) is 1. The molecule has 0 spiro atoms. The molecule has 1 aliphatic rings. The number of rotatable bonds is 5. The molecule has 3 aromatic rings. The summed E-state index contributed by atoms with van der Waals surface area (Å²) < 4.78 is 5.18. The molecule has 6 heteroatoms. The smallest absolute Gasteiger partial charge is 0.259 e. The van der Waals surface area contributed by atoms with Gasteiger partial charge in [0.2, 0.25) is 5.91 Å². The molecular formula is C25H23ClN2O3. The van der Waals surface area contributed by atoms with Crippen LogP contribution in [-0.2, 0) is 17.8 Å². The maximum Gasteiger partial charge on any atom is 0.259 e. The maximum absolute atomic E-state index is 13.5. The third kappa shape index (κ3) is 4.01. The van der Waals surface area contributed by atoms with Gasteiger partial charge in [0.1, 0.15) is 11.3 Å². The van der Waals surface area contributed by atoms with E-state index in [0.29, 0.717) is 29.2 Å². The monoisotopic (exact) mass is 434 g/mol. The van der Waals surface area contributed by atoms with Gasteiger partial charge in [-0.2, -0.15) is 0 Å². The van der Waals surface area contributed by atoms with Gasteiger partial charge < -0.3 is 10.1 Å². The third-order valence-electron chi connectivity index (χ3n) is 5.65. The van der Waals surface area contributed by atoms with Crippen LogP contribution in [0.1, 0.15) is 28.4 Å². The summed E-state index contributed by atoms with van der Waals surface area (Å²) in [4.78, 5) is 28.5. The number of hydrogen-bond acceptors (Lipinski definition) is 3. The molecule has 1 aliphatic heterocycles. The minimum Gasteiger partial charge on any atom is -0.497 e. The fourth-order valence-corrected chi connectivity index (χ4v) is 4.18. The van der Waals surface area contributed by atoms with Crippen LogP contribution in [0.4, 0.5) is 5.69 Å². The molecule has 0 aliphatic carbocycles. The van der Waals surface area contributed by atoms with Crippen molar-refractivity contribution >= 4 is 29.1 Å². The Bertz CT molecular complexity index is 1130. The molecule has 31 heavy (non-hydrogen) atoms. The van der Waals surface area contributed by atoms with Gasteiger partial charge in [-0.1, -0.05) is 48.0 Å². The van der Waals surface area contributed by atoms with Crippen LogP contribution >= 0.6 is 11.6 Å². The Hall–Kier alpha value is -3.31. The zero-order chi connectivity index (χ0) is 22.0. The molecule has 0 fully saturated rings. The molecule has 0 bridgehead atoms. The van der Waals surface area contributed by atoms with E-state index < -0.39 is 5.54 Å². The van der Waals surface area contributed by atoms with Crippen molar-refractivity contribution in [1.82, 2.24) is 5.32 Å². The van der Waals surface area contributed by atoms with Crippen molar-refractivity contribution in [3.63, 3.8) is 0 Å². The lowest BCUT2D eigenvalue weighted by atomic mass is 9.82. The highest BCUT2D eigenvalue weighted by atomic mass is 35.5. The summed E-state index contributed by atoms with van der Waals surface area (Å²) in [5, 5.41) is 3.51. The van der Waals surface area contributed by atoms with Crippen LogP contribution in [0.15, 0.2) is 72.8 Å². The summed E-state index contributed by atoms with van der Waals surface area (Å²) in [5.74, 6) is 0.306. The number of benzene rings is 3. The topological polar surface area (TPSA) is 58.6 Å². The van der Waals surface area contributed by atoms with Crippen LogP contribution in [0.2, 0.25) is 5.02 Å². The van der Waals surface area contributed by atoms with Gasteiger partial charge in [-0.3, -0.25) is 14.5 Å². The van der Waals surface area contributed by atoms with E-state index in [-0.39, 0.29) is 11.8 Å². The molecule has 0 saturated heterocycles. The summed E-state index contributed by atoms with van der Waals surface area (Å²) in [6.45, 7) is 2.14. The summed E-state index contributed by atoms with van der Waals surface area (Å²) in [7, 11) is 1.61. The summed E-state index contributed by atoms with van der Waals surface area (Å²) in [6.07, 6.45) is 0.399. The highest BCUT2D eigenvalue weighted by molar-refractivity contribution is 6.31. The molecule has 1 heterocycles. The first-order valence-corrected chi connectivity index (χ1v) is 10.4. The second-order valence-electron chi connectivity index (χ2n) is 7.76. The Labute approximate surface area is 186 Å². The average molecular weight is 435 g/mol. The van der Waals surface area contributed by atoms with Crippen LogP contribution in [0.3, 0.4) is 0 Å². The van der Waals surface area contributed by atoms with Crippen molar-refractivity contribution < 1.29 is 14.3 Å². The first-order valence-electron chi connectivity index (χ1n) is 10.0. The van der Waals surface area contributed by atoms with E-state index in [1.807, 2.05) is 42.5 Å². The Morgan fingerprint density at radius 3 is 2.55 bits per heavy atom. The lowest BCUT2D eigenvalue weighted by Gasteiger charge is -2.44. The van der Waals surface area contributed by atoms with Crippen LogP contribution in [-0.4, -0.2) is 24.5 Å². The SMILES string of the molecule is COc1ccc(CNC(=O)[C@]2(C)Cc3ccccc3C(=O)N2c2cccc(Cl)c2)cc1. The van der Waals surface area contributed by atoms with E-state index in [2.05, 4.69) is 5.32 Å². The van der Waals surface area contributed by atoms with Crippen molar-refractivity contribution in [1.29, 1.82) is 0 Å². The molecule has 0 radical (unpaired) electrons. The number of amides is 2. The molecule has 1 atom stereocenters. The fraction of sp³-hybridized carbons (Fsp3) is 0.200. The first-order chi connectivity index (χ1) is 14.9. The number of halogens is 1. The van der Waals surface area contributed by atoms with Gasteiger partial charge in [0.15, 0.2) is 0 Å². The van der Waals surface area contributed by atoms with E-state index in [9.17, 15) is 9.59 Å². The lowest BCUT2D eigenvalue weighted by molar-refractivity contribution is -0.126. The van der Waals surface area contributed by atoms with Crippen LogP contribution in [0.25, 0.3) is 0 Å². The minimum absolute atomic E-state index is 0.216. The van der Waals surface area contributed by atoms with Crippen molar-refractivity contribution in [2.45, 2.75) is 25.4 Å². The van der Waals surface area contributed by atoms with Crippen molar-refractivity contribution in [3.8, 4) is 5.75 Å². The standard InChI is InChI=1S/C25H23ClN2O3/c1-25(24(30)27-16-17-10-12-21(31-2)13-11-17)15-18-6-3-4-9-22(18)23(29)28(25)20-8-5-7-19(26)14-20/h3-14H,15-16H2,1-2H3,(H,27,30)/t25-/m0/s1. The van der Waals surface area contributed by atoms with Gasteiger partial charge >= 0.3 is 0 Å². The number of methoxy groups -OCH3 is 1. The van der Waals surface area contributed by atoms with Gasteiger partial charge in [-0.15, -0.1) is 0 Å². The third-order valence-corrected chi connectivity index (χ3v) is 5.88. The van der Waals surface area contributed by atoms with E-state index in [0.717, 1.165) is 16.9 Å². The van der Waals surface area contributed by atoms with Crippen LogP contribution in [0, 0.1) is 0 Å². The number of anilines is 1. The van der Waals surface area contributed by atoms with Crippen molar-refractivity contribution in [2.24, 2.45) is 0 Å². The fourth-order valence-electron chi connectivity index (χ4n) is 3.99. The number of hydrogen-bond donors (Lipinski definition) is 1. The van der Waals surface area contributed by atoms with E-state index in [1.165, 1.54) is 0 Å². The van der Waals surface area contributed by atoms with Gasteiger partial charge in [0.25, 0.3) is 5.91 Å². The number of carbonyl (C=O) groups is 2. The minimum atomic E-state index is -1.11. The molecule has 2 amide bonds. The molecule has 0 saturated carbocycles. The molecule has 0 unspecified atom stereocenters. The summed E-state index contributed by atoms with van der Waals surface area (Å²) in [5.41, 5.74) is 1.88. The second-order valence-corrected chi connectivity index (χ2v) is 8.20. The van der Waals surface area contributed by atoms with Crippen LogP contribution < -0.4 is 15.0 Å². The molecule has 158 valence electrons. The van der Waals surface area contributed by atoms with Crippen LogP contribution in [0.5, 0.6) is 5.75 Å². The normalized spacial score (nSPS) is 17.8. The second kappa shape index (κ2) is 8.44. The zero-order valence-electron chi connectivity index (χ0n) is 17.4. The summed E-state index contributed by atoms with van der Waals surface area (Å²) >= 11 is 6.20. The maximum atomic E-state index is 13.5. The van der Waals surface area contributed by atoms with E-state index in [4.69, 9.17) is 16.3 Å². The molecular weight excluding hydrogens is 412 g/mol. The predicted octanol–water partition coefficient (Wildman–Crippen LogP) is 4.63. The zero-order valence-corrected chi connectivity index (χ0v) is 18.1. The van der Waals surface area contributed by atoms with Gasteiger partial charge in [-0.25, -0.2) is 0 Å².